The first-order chi connectivity index (χ1) is 13.4. The molecule has 0 fully saturated rings. The van der Waals surface area contributed by atoms with Gasteiger partial charge in [0, 0.05) is 6.54 Å². The highest BCUT2D eigenvalue weighted by Crippen LogP contribution is 2.07. The Morgan fingerprint density at radius 3 is 2.46 bits per heavy atom. The molecule has 0 aliphatic carbocycles. The van der Waals surface area contributed by atoms with E-state index in [2.05, 4.69) is 10.6 Å². The lowest BCUT2D eigenvalue weighted by Crippen LogP contribution is -2.46. The van der Waals surface area contributed by atoms with E-state index < -0.39 is 30.4 Å². The number of rotatable bonds is 9. The van der Waals surface area contributed by atoms with Gasteiger partial charge in [-0.2, -0.15) is 0 Å². The molecule has 1 atom stereocenters. The first-order valence-corrected chi connectivity index (χ1v) is 8.89. The van der Waals surface area contributed by atoms with E-state index in [9.17, 15) is 18.8 Å². The highest BCUT2D eigenvalue weighted by Gasteiger charge is 2.27. The molecule has 0 saturated heterocycles. The Bertz CT molecular complexity index is 787. The van der Waals surface area contributed by atoms with Crippen LogP contribution in [0.5, 0.6) is 0 Å². The molecule has 8 heteroatoms. The van der Waals surface area contributed by atoms with E-state index >= 15 is 0 Å². The molecule has 0 radical (unpaired) electrons. The van der Waals surface area contributed by atoms with Crippen molar-refractivity contribution < 1.29 is 27.9 Å². The molecule has 0 aliphatic heterocycles. The van der Waals surface area contributed by atoms with Crippen molar-refractivity contribution in [1.29, 1.82) is 0 Å². The van der Waals surface area contributed by atoms with Gasteiger partial charge in [-0.1, -0.05) is 26.0 Å². The summed E-state index contributed by atoms with van der Waals surface area (Å²) < 4.78 is 22.9. The summed E-state index contributed by atoms with van der Waals surface area (Å²) in [5.41, 5.74) is 0.874. The van der Waals surface area contributed by atoms with E-state index in [0.29, 0.717) is 13.0 Å². The molecule has 1 heterocycles. The van der Waals surface area contributed by atoms with E-state index in [1.807, 2.05) is 0 Å². The van der Waals surface area contributed by atoms with Crippen molar-refractivity contribution in [3.05, 3.63) is 59.8 Å². The van der Waals surface area contributed by atoms with Crippen LogP contribution in [0.2, 0.25) is 0 Å². The van der Waals surface area contributed by atoms with Crippen molar-refractivity contribution >= 4 is 17.8 Å². The topological polar surface area (TPSA) is 97.6 Å². The number of ether oxygens (including phenoxy) is 1. The summed E-state index contributed by atoms with van der Waals surface area (Å²) >= 11 is 0. The highest BCUT2D eigenvalue weighted by molar-refractivity contribution is 5.94. The number of furan rings is 1. The van der Waals surface area contributed by atoms with Crippen molar-refractivity contribution in [1.82, 2.24) is 10.6 Å². The first kappa shape index (κ1) is 21.1. The minimum atomic E-state index is -0.912. The highest BCUT2D eigenvalue weighted by atomic mass is 19.1. The zero-order chi connectivity index (χ0) is 20.5. The number of hydrogen-bond donors (Lipinski definition) is 2. The Hall–Kier alpha value is -3.16. The number of carbonyl (C=O) groups is 3. The molecule has 2 N–H and O–H groups in total. The molecule has 7 nitrogen and oxygen atoms in total. The van der Waals surface area contributed by atoms with Crippen LogP contribution >= 0.6 is 0 Å². The number of esters is 1. The van der Waals surface area contributed by atoms with Gasteiger partial charge in [-0.05, 0) is 42.2 Å². The molecular weight excluding hydrogens is 367 g/mol. The van der Waals surface area contributed by atoms with Gasteiger partial charge >= 0.3 is 5.97 Å². The van der Waals surface area contributed by atoms with Gasteiger partial charge in [0.05, 0.1) is 6.26 Å². The molecule has 28 heavy (non-hydrogen) atoms. The Balaban J connectivity index is 1.75. The average molecular weight is 390 g/mol. The van der Waals surface area contributed by atoms with Crippen LogP contribution in [-0.4, -0.2) is 37.0 Å². The molecule has 2 rings (SSSR count). The predicted octanol–water partition coefficient (Wildman–Crippen LogP) is 2.08. The Kier molecular flexibility index (Phi) is 7.74. The number of nitrogens with one attached hydrogen (secondary N) is 2. The van der Waals surface area contributed by atoms with Crippen molar-refractivity contribution in [2.24, 2.45) is 5.92 Å². The van der Waals surface area contributed by atoms with Gasteiger partial charge < -0.3 is 19.8 Å². The molecule has 2 aromatic rings. The van der Waals surface area contributed by atoms with E-state index in [0.717, 1.165) is 5.56 Å². The minimum absolute atomic E-state index is 0.0805. The molecule has 0 unspecified atom stereocenters. The van der Waals surface area contributed by atoms with Crippen LogP contribution in [0.4, 0.5) is 4.39 Å². The predicted molar refractivity (Wildman–Crippen MR) is 98.9 cm³/mol. The number of hydrogen-bond acceptors (Lipinski definition) is 5. The van der Waals surface area contributed by atoms with E-state index in [1.54, 1.807) is 32.0 Å². The second kappa shape index (κ2) is 10.2. The lowest BCUT2D eigenvalue weighted by atomic mass is 10.0. The van der Waals surface area contributed by atoms with Gasteiger partial charge in [-0.15, -0.1) is 0 Å². The van der Waals surface area contributed by atoms with E-state index in [4.69, 9.17) is 9.15 Å². The summed E-state index contributed by atoms with van der Waals surface area (Å²) in [7, 11) is 0. The van der Waals surface area contributed by atoms with Gasteiger partial charge in [0.15, 0.2) is 12.4 Å². The third-order valence-electron chi connectivity index (χ3n) is 3.95. The fourth-order valence-corrected chi connectivity index (χ4v) is 2.39. The summed E-state index contributed by atoms with van der Waals surface area (Å²) in [6.45, 7) is 3.36. The largest absolute Gasteiger partial charge is 0.459 e. The van der Waals surface area contributed by atoms with Crippen LogP contribution in [0.3, 0.4) is 0 Å². The molecule has 0 saturated carbocycles. The quantitative estimate of drug-likeness (QED) is 0.639. The number of carbonyl (C=O) groups excluding carboxylic acids is 3. The fraction of sp³-hybridized carbons (Fsp3) is 0.350. The van der Waals surface area contributed by atoms with Gasteiger partial charge in [0.2, 0.25) is 0 Å². The maximum atomic E-state index is 12.8. The van der Waals surface area contributed by atoms with Gasteiger partial charge in [-0.3, -0.25) is 9.59 Å². The monoisotopic (exact) mass is 390 g/mol. The van der Waals surface area contributed by atoms with E-state index in [1.165, 1.54) is 24.5 Å². The van der Waals surface area contributed by atoms with Crippen LogP contribution in [0, 0.1) is 11.7 Å². The zero-order valence-electron chi connectivity index (χ0n) is 15.7. The average Bonchev–Trinajstić information content (AvgIpc) is 3.20. The third kappa shape index (κ3) is 6.53. The van der Waals surface area contributed by atoms with Gasteiger partial charge in [-0.25, -0.2) is 9.18 Å². The number of benzene rings is 1. The Morgan fingerprint density at radius 1 is 1.14 bits per heavy atom. The summed E-state index contributed by atoms with van der Waals surface area (Å²) in [6, 6.07) is 8.10. The number of amides is 2. The first-order valence-electron chi connectivity index (χ1n) is 8.89. The van der Waals surface area contributed by atoms with Crippen LogP contribution in [-0.2, 0) is 20.7 Å². The summed E-state index contributed by atoms with van der Waals surface area (Å²) in [4.78, 5) is 36.1. The second-order valence-electron chi connectivity index (χ2n) is 6.51. The third-order valence-corrected chi connectivity index (χ3v) is 3.95. The lowest BCUT2D eigenvalue weighted by molar-refractivity contribution is -0.151. The van der Waals surface area contributed by atoms with Crippen LogP contribution in [0.1, 0.15) is 30.0 Å². The minimum Gasteiger partial charge on any atom is -0.459 e. The van der Waals surface area contributed by atoms with Crippen molar-refractivity contribution in [2.45, 2.75) is 26.3 Å². The van der Waals surface area contributed by atoms with Crippen LogP contribution < -0.4 is 10.6 Å². The number of halogens is 1. The zero-order valence-corrected chi connectivity index (χ0v) is 15.7. The molecule has 1 aromatic heterocycles. The maximum Gasteiger partial charge on any atom is 0.329 e. The Morgan fingerprint density at radius 2 is 1.86 bits per heavy atom. The normalized spacial score (nSPS) is 11.7. The molecule has 2 amide bonds. The summed E-state index contributed by atoms with van der Waals surface area (Å²) in [6.07, 6.45) is 1.88. The summed E-state index contributed by atoms with van der Waals surface area (Å²) in [5, 5.41) is 5.16. The maximum absolute atomic E-state index is 12.8. The summed E-state index contributed by atoms with van der Waals surface area (Å²) in [5.74, 6) is -2.19. The molecule has 150 valence electrons. The lowest BCUT2D eigenvalue weighted by Gasteiger charge is -2.20. The molecule has 0 aliphatic rings. The van der Waals surface area contributed by atoms with Crippen molar-refractivity contribution in [2.75, 3.05) is 13.2 Å². The fourth-order valence-electron chi connectivity index (χ4n) is 2.39. The van der Waals surface area contributed by atoms with Crippen molar-refractivity contribution in [3.63, 3.8) is 0 Å². The molecule has 0 spiro atoms. The smallest absolute Gasteiger partial charge is 0.329 e. The molecular formula is C20H23FN2O5. The SMILES string of the molecule is CC(C)[C@H](NC(=O)c1ccco1)C(=O)OCC(=O)NCCc1ccc(F)cc1. The van der Waals surface area contributed by atoms with Crippen LogP contribution in [0.25, 0.3) is 0 Å². The van der Waals surface area contributed by atoms with Gasteiger partial charge in [0.1, 0.15) is 11.9 Å². The Labute approximate surface area is 162 Å². The van der Waals surface area contributed by atoms with E-state index in [-0.39, 0.29) is 17.5 Å². The second-order valence-corrected chi connectivity index (χ2v) is 6.51. The van der Waals surface area contributed by atoms with Crippen LogP contribution in [0.15, 0.2) is 47.1 Å². The molecule has 0 bridgehead atoms. The standard InChI is InChI=1S/C20H23FN2O5/c1-13(2)18(23-19(25)16-4-3-11-27-16)20(26)28-12-17(24)22-10-9-14-5-7-15(21)8-6-14/h3-8,11,13,18H,9-10,12H2,1-2H3,(H,22,24)(H,23,25)/t18-/m0/s1. The van der Waals surface area contributed by atoms with Gasteiger partial charge in [0.25, 0.3) is 11.8 Å². The molecule has 1 aromatic carbocycles. The van der Waals surface area contributed by atoms with Crippen molar-refractivity contribution in [3.8, 4) is 0 Å².